The molecule has 6 N–H and O–H groups in total. The van der Waals surface area contributed by atoms with Gasteiger partial charge in [0.05, 0.1) is 38.3 Å². The van der Waals surface area contributed by atoms with Gasteiger partial charge in [-0.1, -0.05) is 6.07 Å². The van der Waals surface area contributed by atoms with Crippen molar-refractivity contribution in [1.82, 2.24) is 0 Å². The first-order valence-corrected chi connectivity index (χ1v) is 19.6. The number of rotatable bonds is 13. The van der Waals surface area contributed by atoms with Gasteiger partial charge in [0.25, 0.3) is 40.5 Å². The zero-order chi connectivity index (χ0) is 34.2. The minimum absolute atomic E-state index is 0.0833. The Hall–Kier alpha value is -3.43. The quantitative estimate of drug-likeness (QED) is 0.0494. The van der Waals surface area contributed by atoms with Crippen molar-refractivity contribution >= 4 is 73.8 Å². The smallest absolute Gasteiger partial charge is 0.366 e. The number of nitrogens with one attached hydrogen (secondary N) is 2. The third-order valence-electron chi connectivity index (χ3n) is 7.14. The second-order valence-electron chi connectivity index (χ2n) is 10.4. The Morgan fingerprint density at radius 3 is 1.48 bits per heavy atom. The van der Waals surface area contributed by atoms with Crippen LogP contribution in [0.4, 0.5) is 11.4 Å². The third kappa shape index (κ3) is 8.28. The van der Waals surface area contributed by atoms with Gasteiger partial charge >= 0.3 is 11.2 Å². The van der Waals surface area contributed by atoms with E-state index >= 15 is 0 Å². The van der Waals surface area contributed by atoms with Crippen molar-refractivity contribution in [3.8, 4) is 11.1 Å². The highest BCUT2D eigenvalue weighted by Gasteiger charge is 2.30. The van der Waals surface area contributed by atoms with Gasteiger partial charge in [0.15, 0.2) is 0 Å². The fourth-order valence-corrected chi connectivity index (χ4v) is 7.32. The largest absolute Gasteiger partial charge is 0.385 e. The Labute approximate surface area is 265 Å². The fourth-order valence-electron chi connectivity index (χ4n) is 5.00. The molecule has 4 aromatic rings. The number of hydrogen-bond acceptors (Lipinski definition) is 10. The molecule has 0 aliphatic heterocycles. The van der Waals surface area contributed by atoms with Gasteiger partial charge in [-0.15, -0.1) is 0 Å². The normalized spacial score (nSPS) is 12.9. The van der Waals surface area contributed by atoms with Crippen LogP contribution >= 0.6 is 0 Å². The second-order valence-corrected chi connectivity index (χ2v) is 16.4. The molecular formula is C27H31N2O13S4+. The number of benzene rings is 3. The van der Waals surface area contributed by atoms with Crippen molar-refractivity contribution in [2.75, 3.05) is 35.2 Å². The molecule has 250 valence electrons. The van der Waals surface area contributed by atoms with E-state index in [-0.39, 0.29) is 48.2 Å². The lowest BCUT2D eigenvalue weighted by molar-refractivity contribution is 0.478. The summed E-state index contributed by atoms with van der Waals surface area (Å²) in [6, 6.07) is 9.20. The summed E-state index contributed by atoms with van der Waals surface area (Å²) in [5.74, 6) is -0.939. The highest BCUT2D eigenvalue weighted by Crippen LogP contribution is 2.43. The number of aryl methyl sites for hydroxylation is 2. The summed E-state index contributed by atoms with van der Waals surface area (Å²) in [6.07, 6.45) is 0.167. The van der Waals surface area contributed by atoms with Gasteiger partial charge in [0.1, 0.15) is 4.90 Å². The lowest BCUT2D eigenvalue weighted by atomic mass is 9.94. The molecule has 0 bridgehead atoms. The van der Waals surface area contributed by atoms with Crippen LogP contribution in [0.15, 0.2) is 56.7 Å². The van der Waals surface area contributed by atoms with Crippen LogP contribution in [0.25, 0.3) is 33.1 Å². The molecule has 46 heavy (non-hydrogen) atoms. The predicted octanol–water partition coefficient (Wildman–Crippen LogP) is 4.02. The molecule has 0 aliphatic carbocycles. The molecule has 0 saturated carbocycles. The Balaban J connectivity index is 1.98. The van der Waals surface area contributed by atoms with E-state index in [1.165, 1.54) is 0 Å². The fraction of sp³-hybridized carbons (Fsp3) is 0.296. The van der Waals surface area contributed by atoms with Crippen molar-refractivity contribution in [2.45, 2.75) is 36.5 Å². The van der Waals surface area contributed by atoms with Crippen LogP contribution in [0.5, 0.6) is 0 Å². The van der Waals surface area contributed by atoms with E-state index in [1.807, 2.05) is 0 Å². The first kappa shape index (κ1) is 35.4. The molecule has 0 atom stereocenters. The van der Waals surface area contributed by atoms with E-state index in [1.54, 1.807) is 38.1 Å². The topological polar surface area (TPSA) is 253 Å². The summed E-state index contributed by atoms with van der Waals surface area (Å²) < 4.78 is 137. The van der Waals surface area contributed by atoms with Gasteiger partial charge in [0.2, 0.25) is 0 Å². The first-order chi connectivity index (χ1) is 21.2. The van der Waals surface area contributed by atoms with E-state index in [9.17, 15) is 42.8 Å². The van der Waals surface area contributed by atoms with Crippen LogP contribution in [0.3, 0.4) is 0 Å². The van der Waals surface area contributed by atoms with E-state index in [0.717, 1.165) is 12.1 Å². The zero-order valence-electron chi connectivity index (χ0n) is 24.4. The van der Waals surface area contributed by atoms with Crippen molar-refractivity contribution < 1.29 is 56.3 Å². The van der Waals surface area contributed by atoms with E-state index in [2.05, 4.69) is 10.6 Å². The van der Waals surface area contributed by atoms with Crippen LogP contribution in [0.1, 0.15) is 24.0 Å². The van der Waals surface area contributed by atoms with Gasteiger partial charge < -0.3 is 10.6 Å². The molecular weight excluding hydrogens is 689 g/mol. The lowest BCUT2D eigenvalue weighted by Crippen LogP contribution is -2.11. The molecule has 15 nitrogen and oxygen atoms in total. The van der Waals surface area contributed by atoms with Crippen molar-refractivity contribution in [1.29, 1.82) is 0 Å². The summed E-state index contributed by atoms with van der Waals surface area (Å²) in [6.45, 7) is 3.69. The average Bonchev–Trinajstić information content (AvgIpc) is 2.92. The lowest BCUT2D eigenvalue weighted by Gasteiger charge is -2.14. The van der Waals surface area contributed by atoms with E-state index in [4.69, 9.17) is 13.5 Å². The third-order valence-corrected chi connectivity index (χ3v) is 10.5. The van der Waals surface area contributed by atoms with Gasteiger partial charge in [-0.25, -0.2) is 4.42 Å². The number of anilines is 2. The van der Waals surface area contributed by atoms with Crippen molar-refractivity contribution in [3.05, 3.63) is 53.6 Å². The zero-order valence-corrected chi connectivity index (χ0v) is 27.6. The summed E-state index contributed by atoms with van der Waals surface area (Å²) in [4.78, 5) is -1.57. The average molecular weight is 720 g/mol. The maximum Gasteiger partial charge on any atom is 0.366 e. The van der Waals surface area contributed by atoms with Gasteiger partial charge in [0, 0.05) is 35.6 Å². The minimum Gasteiger partial charge on any atom is -0.385 e. The summed E-state index contributed by atoms with van der Waals surface area (Å²) in [5, 5.41) is 6.84. The van der Waals surface area contributed by atoms with Crippen LogP contribution in [0.2, 0.25) is 0 Å². The Kier molecular flexibility index (Phi) is 10.0. The van der Waals surface area contributed by atoms with E-state index in [0.29, 0.717) is 39.3 Å². The minimum atomic E-state index is -5.06. The molecule has 19 heteroatoms. The number of fused-ring (bicyclic) bond motifs is 2. The molecule has 0 fully saturated rings. The van der Waals surface area contributed by atoms with Gasteiger partial charge in [-0.05, 0) is 63.1 Å². The maximum absolute atomic E-state index is 12.6. The molecule has 0 aliphatic rings. The van der Waals surface area contributed by atoms with Gasteiger partial charge in [-0.3, -0.25) is 18.2 Å². The van der Waals surface area contributed by atoms with E-state index < -0.39 is 61.8 Å². The Morgan fingerprint density at radius 1 is 0.630 bits per heavy atom. The molecule has 0 saturated heterocycles. The van der Waals surface area contributed by atoms with Crippen LogP contribution in [-0.2, 0) is 40.5 Å². The monoisotopic (exact) mass is 719 g/mol. The maximum atomic E-state index is 12.6. The highest BCUT2D eigenvalue weighted by molar-refractivity contribution is 7.87. The van der Waals surface area contributed by atoms with Gasteiger partial charge in [-0.2, -0.15) is 33.7 Å². The molecule has 3 aromatic carbocycles. The summed E-state index contributed by atoms with van der Waals surface area (Å²) in [5.41, 5.74) is 2.68. The Morgan fingerprint density at radius 2 is 1.09 bits per heavy atom. The van der Waals surface area contributed by atoms with Crippen LogP contribution < -0.4 is 10.6 Å². The standard InChI is InChI=1S/C27H30N2O13S4/c1-16-22(28-11-3-13-43(30,31)32)9-7-20-25(19-6-5-18(45(36,37)38)15-24(19)46(39,40)41)21-8-10-23(17(2)27(21)42-26(16)20)29-12-4-14-44(33,34)35/h5-10,15,28-29H,3-4,11-14H2,1-2H3,(H3-,30,31,32,33,34,35,36,37,38,39,40,41)/p+1. The summed E-state index contributed by atoms with van der Waals surface area (Å²) in [7, 11) is -18.2. The molecule has 1 heterocycles. The van der Waals surface area contributed by atoms with Crippen LogP contribution in [0, 0.1) is 13.8 Å². The second kappa shape index (κ2) is 13.0. The molecule has 0 amide bonds. The molecule has 4 rings (SSSR count). The number of hydrogen-bond donors (Lipinski definition) is 6. The SMILES string of the molecule is Cc1c(NCCCS(=O)(=O)O)ccc2c(-c3ccc(S(=O)(=O)O)cc3S(=O)(=O)O)c3ccc(NCCCS(=O)(=O)O)c(C)c3[o+]c12. The predicted molar refractivity (Wildman–Crippen MR) is 172 cm³/mol. The molecule has 0 unspecified atom stereocenters. The van der Waals surface area contributed by atoms with Crippen molar-refractivity contribution in [3.63, 3.8) is 0 Å². The van der Waals surface area contributed by atoms with Crippen LogP contribution in [-0.4, -0.2) is 76.5 Å². The molecule has 0 spiro atoms. The molecule has 0 radical (unpaired) electrons. The Bertz CT molecular complexity index is 2180. The highest BCUT2D eigenvalue weighted by atomic mass is 32.2. The van der Waals surface area contributed by atoms with Crippen molar-refractivity contribution in [2.24, 2.45) is 0 Å². The summed E-state index contributed by atoms with van der Waals surface area (Å²) >= 11 is 0. The molecule has 1 aromatic heterocycles. The first-order valence-electron chi connectivity index (χ1n) is 13.5.